The molecule has 1 aromatic heterocycles. The van der Waals surface area contributed by atoms with Gasteiger partial charge in [0.25, 0.3) is 0 Å². The van der Waals surface area contributed by atoms with Crippen molar-refractivity contribution in [2.45, 2.75) is 39.3 Å². The van der Waals surface area contributed by atoms with Crippen molar-refractivity contribution in [2.24, 2.45) is 0 Å². The van der Waals surface area contributed by atoms with Gasteiger partial charge in [0.2, 0.25) is 0 Å². The van der Waals surface area contributed by atoms with Crippen molar-refractivity contribution in [3.63, 3.8) is 0 Å². The number of nitrogens with zero attached hydrogens (tertiary/aromatic N) is 3. The van der Waals surface area contributed by atoms with E-state index in [2.05, 4.69) is 51.8 Å². The molecule has 0 spiro atoms. The predicted molar refractivity (Wildman–Crippen MR) is 84.0 cm³/mol. The molecule has 1 atom stereocenters. The monoisotopic (exact) mass is 282 g/mol. The maximum absolute atomic E-state index is 4.44. The molecule has 1 unspecified atom stereocenters. The summed E-state index contributed by atoms with van der Waals surface area (Å²) in [6.45, 7) is 8.70. The van der Waals surface area contributed by atoms with Crippen LogP contribution in [0.2, 0.25) is 0 Å². The first-order valence-electron chi connectivity index (χ1n) is 7.41. The summed E-state index contributed by atoms with van der Waals surface area (Å²) in [6.07, 6.45) is 6.72. The second-order valence-electron chi connectivity index (χ2n) is 5.08. The first kappa shape index (κ1) is 14.7. The van der Waals surface area contributed by atoms with Crippen molar-refractivity contribution in [3.8, 4) is 0 Å². The Balaban J connectivity index is 1.77. The number of aromatic nitrogens is 2. The molecule has 0 aliphatic carbocycles. The summed E-state index contributed by atoms with van der Waals surface area (Å²) in [5.74, 6) is 2.55. The highest BCUT2D eigenvalue weighted by molar-refractivity contribution is 7.99. The second-order valence-corrected chi connectivity index (χ2v) is 6.23. The summed E-state index contributed by atoms with van der Waals surface area (Å²) in [6, 6.07) is 0.624. The second kappa shape index (κ2) is 7.80. The molecule has 0 radical (unpaired) electrons. The van der Waals surface area contributed by atoms with Crippen molar-refractivity contribution in [2.75, 3.05) is 36.5 Å². The summed E-state index contributed by atoms with van der Waals surface area (Å²) in [7, 11) is 0. The average molecular weight is 282 g/mol. The van der Waals surface area contributed by atoms with Crippen LogP contribution in [-0.2, 0) is 6.54 Å². The van der Waals surface area contributed by atoms with Crippen LogP contribution in [0.1, 0.15) is 26.7 Å². The lowest BCUT2D eigenvalue weighted by molar-refractivity contribution is 0.285. The summed E-state index contributed by atoms with van der Waals surface area (Å²) in [4.78, 5) is 2.42. The zero-order valence-corrected chi connectivity index (χ0v) is 13.0. The normalized spacial score (nSPS) is 19.8. The molecule has 0 amide bonds. The Morgan fingerprint density at radius 3 is 3.00 bits per heavy atom. The summed E-state index contributed by atoms with van der Waals surface area (Å²) in [5.41, 5.74) is 1.17. The highest BCUT2D eigenvalue weighted by atomic mass is 32.2. The van der Waals surface area contributed by atoms with Crippen LogP contribution in [0, 0.1) is 0 Å². The molecule has 2 heterocycles. The van der Waals surface area contributed by atoms with Crippen LogP contribution in [0.4, 0.5) is 5.69 Å². The minimum Gasteiger partial charge on any atom is -0.379 e. The largest absolute Gasteiger partial charge is 0.379 e. The van der Waals surface area contributed by atoms with Gasteiger partial charge in [0.15, 0.2) is 0 Å². The Morgan fingerprint density at radius 2 is 2.32 bits per heavy atom. The van der Waals surface area contributed by atoms with Gasteiger partial charge in [-0.25, -0.2) is 0 Å². The SMILES string of the molecule is CCN(CC)CCn1cc(NC2CCCSC2)cn1. The number of likely N-dealkylation sites (N-methyl/N-ethyl adjacent to an activating group) is 1. The summed E-state index contributed by atoms with van der Waals surface area (Å²) in [5, 5.41) is 8.04. The molecular weight excluding hydrogens is 256 g/mol. The fourth-order valence-corrected chi connectivity index (χ4v) is 3.51. The van der Waals surface area contributed by atoms with Crippen LogP contribution in [0.5, 0.6) is 0 Å². The van der Waals surface area contributed by atoms with Crippen LogP contribution in [0.25, 0.3) is 0 Å². The van der Waals surface area contributed by atoms with Crippen molar-refractivity contribution in [1.29, 1.82) is 0 Å². The van der Waals surface area contributed by atoms with E-state index in [1.54, 1.807) is 0 Å². The molecule has 108 valence electrons. The number of thioether (sulfide) groups is 1. The van der Waals surface area contributed by atoms with Crippen LogP contribution in [0.3, 0.4) is 0 Å². The van der Waals surface area contributed by atoms with Crippen molar-refractivity contribution >= 4 is 17.4 Å². The quantitative estimate of drug-likeness (QED) is 0.833. The molecular formula is C14H26N4S. The van der Waals surface area contributed by atoms with Crippen molar-refractivity contribution in [3.05, 3.63) is 12.4 Å². The molecule has 1 N–H and O–H groups in total. The zero-order valence-electron chi connectivity index (χ0n) is 12.1. The highest BCUT2D eigenvalue weighted by Crippen LogP contribution is 2.20. The first-order valence-corrected chi connectivity index (χ1v) is 8.56. The van der Waals surface area contributed by atoms with Crippen LogP contribution < -0.4 is 5.32 Å². The first-order chi connectivity index (χ1) is 9.31. The van der Waals surface area contributed by atoms with Crippen molar-refractivity contribution < 1.29 is 0 Å². The van der Waals surface area contributed by atoms with Crippen LogP contribution >= 0.6 is 11.8 Å². The Bertz CT molecular complexity index is 356. The molecule has 0 saturated carbocycles. The fraction of sp³-hybridized carbons (Fsp3) is 0.786. The van der Waals surface area contributed by atoms with Crippen LogP contribution in [0.15, 0.2) is 12.4 Å². The Labute approximate surface area is 120 Å². The van der Waals surface area contributed by atoms with E-state index in [1.807, 2.05) is 6.20 Å². The van der Waals surface area contributed by atoms with E-state index in [0.717, 1.165) is 26.2 Å². The number of rotatable bonds is 7. The molecule has 4 nitrogen and oxygen atoms in total. The van der Waals surface area contributed by atoms with Gasteiger partial charge in [-0.2, -0.15) is 16.9 Å². The maximum Gasteiger partial charge on any atom is 0.0728 e. The van der Waals surface area contributed by atoms with Gasteiger partial charge in [0.05, 0.1) is 18.4 Å². The molecule has 2 rings (SSSR count). The van der Waals surface area contributed by atoms with Gasteiger partial charge in [0.1, 0.15) is 0 Å². The van der Waals surface area contributed by atoms with E-state index in [4.69, 9.17) is 0 Å². The Hall–Kier alpha value is -0.680. The molecule has 5 heteroatoms. The third-order valence-corrected chi connectivity index (χ3v) is 4.92. The van der Waals surface area contributed by atoms with Gasteiger partial charge < -0.3 is 10.2 Å². The zero-order chi connectivity index (χ0) is 13.5. The van der Waals surface area contributed by atoms with E-state index < -0.39 is 0 Å². The van der Waals surface area contributed by atoms with Gasteiger partial charge >= 0.3 is 0 Å². The van der Waals surface area contributed by atoms with E-state index in [0.29, 0.717) is 6.04 Å². The third-order valence-electron chi connectivity index (χ3n) is 3.70. The van der Waals surface area contributed by atoms with Gasteiger partial charge in [0, 0.05) is 24.5 Å². The number of hydrogen-bond acceptors (Lipinski definition) is 4. The molecule has 1 aliphatic rings. The Kier molecular flexibility index (Phi) is 6.04. The minimum atomic E-state index is 0.624. The van der Waals surface area contributed by atoms with Gasteiger partial charge in [-0.15, -0.1) is 0 Å². The number of hydrogen-bond donors (Lipinski definition) is 1. The average Bonchev–Trinajstić information content (AvgIpc) is 2.89. The fourth-order valence-electron chi connectivity index (χ4n) is 2.43. The third kappa shape index (κ3) is 4.73. The molecule has 19 heavy (non-hydrogen) atoms. The minimum absolute atomic E-state index is 0.624. The number of nitrogens with one attached hydrogen (secondary N) is 1. The smallest absolute Gasteiger partial charge is 0.0728 e. The molecule has 1 fully saturated rings. The van der Waals surface area contributed by atoms with E-state index in [-0.39, 0.29) is 0 Å². The number of anilines is 1. The maximum atomic E-state index is 4.44. The van der Waals surface area contributed by atoms with Crippen molar-refractivity contribution in [1.82, 2.24) is 14.7 Å². The molecule has 1 aromatic rings. The standard InChI is InChI=1S/C14H26N4S/c1-3-17(4-2)7-8-18-11-14(10-15-18)16-13-6-5-9-19-12-13/h10-11,13,16H,3-9,12H2,1-2H3. The van der Waals surface area contributed by atoms with E-state index in [1.165, 1.54) is 30.0 Å². The highest BCUT2D eigenvalue weighted by Gasteiger charge is 2.13. The van der Waals surface area contributed by atoms with Gasteiger partial charge in [-0.05, 0) is 31.7 Å². The Morgan fingerprint density at radius 1 is 1.47 bits per heavy atom. The van der Waals surface area contributed by atoms with E-state index in [9.17, 15) is 0 Å². The van der Waals surface area contributed by atoms with Gasteiger partial charge in [-0.3, -0.25) is 4.68 Å². The summed E-state index contributed by atoms with van der Waals surface area (Å²) >= 11 is 2.05. The molecule has 0 aromatic carbocycles. The summed E-state index contributed by atoms with van der Waals surface area (Å²) < 4.78 is 2.05. The predicted octanol–water partition coefficient (Wildman–Crippen LogP) is 2.53. The lowest BCUT2D eigenvalue weighted by Gasteiger charge is -2.22. The van der Waals surface area contributed by atoms with E-state index >= 15 is 0 Å². The lowest BCUT2D eigenvalue weighted by atomic mass is 10.2. The van der Waals surface area contributed by atoms with Crippen LogP contribution in [-0.4, -0.2) is 51.9 Å². The molecule has 0 bridgehead atoms. The van der Waals surface area contributed by atoms with Gasteiger partial charge in [-0.1, -0.05) is 13.8 Å². The molecule has 1 aliphatic heterocycles. The lowest BCUT2D eigenvalue weighted by Crippen LogP contribution is -2.27. The molecule has 1 saturated heterocycles. The topological polar surface area (TPSA) is 33.1 Å².